The Morgan fingerprint density at radius 2 is 1.81 bits per heavy atom. The molecule has 0 aliphatic rings. The van der Waals surface area contributed by atoms with E-state index in [0.717, 1.165) is 18.4 Å². The number of unbranched alkanes of at least 4 members (excludes halogenated alkanes) is 1. The Labute approximate surface area is 103 Å². The van der Waals surface area contributed by atoms with Crippen LogP contribution in [-0.4, -0.2) is 0 Å². The zero-order chi connectivity index (χ0) is 12.0. The SMILES string of the molecule is CCCCC(CC)C(Cl)c1ccc(F)cc1. The molecular weight excluding hydrogens is 223 g/mol. The van der Waals surface area contributed by atoms with Gasteiger partial charge in [-0.25, -0.2) is 4.39 Å². The molecule has 0 radical (unpaired) electrons. The van der Waals surface area contributed by atoms with Crippen LogP contribution in [0.1, 0.15) is 50.5 Å². The van der Waals surface area contributed by atoms with Gasteiger partial charge in [-0.05, 0) is 30.0 Å². The molecule has 16 heavy (non-hydrogen) atoms. The largest absolute Gasteiger partial charge is 0.207 e. The molecule has 0 aromatic heterocycles. The maximum absolute atomic E-state index is 12.8. The first-order valence-corrected chi connectivity index (χ1v) is 6.52. The van der Waals surface area contributed by atoms with Crippen LogP contribution >= 0.6 is 11.6 Å². The molecule has 0 saturated heterocycles. The summed E-state index contributed by atoms with van der Waals surface area (Å²) in [6, 6.07) is 6.55. The Bertz CT molecular complexity index is 294. The van der Waals surface area contributed by atoms with Gasteiger partial charge >= 0.3 is 0 Å². The van der Waals surface area contributed by atoms with Gasteiger partial charge in [0, 0.05) is 0 Å². The van der Waals surface area contributed by atoms with Crippen LogP contribution < -0.4 is 0 Å². The summed E-state index contributed by atoms with van der Waals surface area (Å²) in [7, 11) is 0. The molecule has 0 N–H and O–H groups in total. The van der Waals surface area contributed by atoms with Crippen molar-refractivity contribution in [3.8, 4) is 0 Å². The van der Waals surface area contributed by atoms with Gasteiger partial charge in [0.25, 0.3) is 0 Å². The Hall–Kier alpha value is -0.560. The molecule has 1 rings (SSSR count). The molecule has 90 valence electrons. The highest BCUT2D eigenvalue weighted by molar-refractivity contribution is 6.21. The zero-order valence-corrected chi connectivity index (χ0v) is 10.8. The highest BCUT2D eigenvalue weighted by atomic mass is 35.5. The standard InChI is InChI=1S/C14H20ClF/c1-3-5-6-11(4-2)14(15)12-7-9-13(16)10-8-12/h7-11,14H,3-6H2,1-2H3. The fraction of sp³-hybridized carbons (Fsp3) is 0.571. The van der Waals surface area contributed by atoms with Crippen LogP contribution in [-0.2, 0) is 0 Å². The number of alkyl halides is 1. The van der Waals surface area contributed by atoms with E-state index in [4.69, 9.17) is 11.6 Å². The van der Waals surface area contributed by atoms with E-state index in [1.165, 1.54) is 25.0 Å². The van der Waals surface area contributed by atoms with Gasteiger partial charge in [-0.15, -0.1) is 11.6 Å². The summed E-state index contributed by atoms with van der Waals surface area (Å²) >= 11 is 6.44. The van der Waals surface area contributed by atoms with Crippen LogP contribution in [0, 0.1) is 11.7 Å². The minimum Gasteiger partial charge on any atom is -0.207 e. The van der Waals surface area contributed by atoms with Crippen molar-refractivity contribution in [1.82, 2.24) is 0 Å². The van der Waals surface area contributed by atoms with Crippen LogP contribution in [0.4, 0.5) is 4.39 Å². The monoisotopic (exact) mass is 242 g/mol. The van der Waals surface area contributed by atoms with Crippen LogP contribution in [0.25, 0.3) is 0 Å². The molecule has 0 spiro atoms. The van der Waals surface area contributed by atoms with Crippen LogP contribution in [0.5, 0.6) is 0 Å². The van der Waals surface area contributed by atoms with E-state index in [1.807, 2.05) is 0 Å². The first-order valence-electron chi connectivity index (χ1n) is 6.08. The van der Waals surface area contributed by atoms with E-state index < -0.39 is 0 Å². The van der Waals surface area contributed by atoms with Crippen molar-refractivity contribution in [2.45, 2.75) is 44.9 Å². The number of hydrogen-bond donors (Lipinski definition) is 0. The second-order valence-corrected chi connectivity index (χ2v) is 4.73. The van der Waals surface area contributed by atoms with Crippen molar-refractivity contribution in [3.63, 3.8) is 0 Å². The lowest BCUT2D eigenvalue weighted by molar-refractivity contribution is 0.437. The van der Waals surface area contributed by atoms with Crippen LogP contribution in [0.3, 0.4) is 0 Å². The molecule has 0 heterocycles. The van der Waals surface area contributed by atoms with Crippen LogP contribution in [0.15, 0.2) is 24.3 Å². The van der Waals surface area contributed by atoms with Crippen LogP contribution in [0.2, 0.25) is 0 Å². The molecule has 1 aromatic carbocycles. The number of hydrogen-bond acceptors (Lipinski definition) is 0. The number of rotatable bonds is 6. The van der Waals surface area contributed by atoms with Crippen molar-refractivity contribution >= 4 is 11.6 Å². The molecule has 0 bridgehead atoms. The number of benzene rings is 1. The topological polar surface area (TPSA) is 0 Å². The van der Waals surface area contributed by atoms with Crippen molar-refractivity contribution in [2.75, 3.05) is 0 Å². The minimum absolute atomic E-state index is 0.0112. The molecule has 1 aromatic rings. The third-order valence-corrected chi connectivity index (χ3v) is 3.66. The smallest absolute Gasteiger partial charge is 0.123 e. The van der Waals surface area contributed by atoms with E-state index in [9.17, 15) is 4.39 Å². The van der Waals surface area contributed by atoms with Crippen molar-refractivity contribution in [3.05, 3.63) is 35.6 Å². The molecule has 2 heteroatoms. The molecule has 0 fully saturated rings. The molecule has 2 unspecified atom stereocenters. The predicted octanol–water partition coefficient (Wildman–Crippen LogP) is 5.32. The zero-order valence-electron chi connectivity index (χ0n) is 10.0. The second kappa shape index (κ2) is 6.90. The van der Waals surface area contributed by atoms with Gasteiger partial charge in [0.05, 0.1) is 5.38 Å². The highest BCUT2D eigenvalue weighted by Crippen LogP contribution is 2.34. The minimum atomic E-state index is -0.200. The summed E-state index contributed by atoms with van der Waals surface area (Å²) in [6.45, 7) is 4.35. The maximum Gasteiger partial charge on any atom is 0.123 e. The Morgan fingerprint density at radius 1 is 1.19 bits per heavy atom. The van der Waals surface area contributed by atoms with Gasteiger partial charge in [-0.3, -0.25) is 0 Å². The summed E-state index contributed by atoms with van der Waals surface area (Å²) in [6.07, 6.45) is 4.64. The lowest BCUT2D eigenvalue weighted by Crippen LogP contribution is -2.07. The Balaban J connectivity index is 2.66. The average Bonchev–Trinajstić information content (AvgIpc) is 2.30. The summed E-state index contributed by atoms with van der Waals surface area (Å²) in [5.74, 6) is 0.293. The molecular formula is C14H20ClF. The summed E-state index contributed by atoms with van der Waals surface area (Å²) in [4.78, 5) is 0. The second-order valence-electron chi connectivity index (χ2n) is 4.26. The first kappa shape index (κ1) is 13.5. The molecule has 2 atom stereocenters. The van der Waals surface area contributed by atoms with Gasteiger partial charge in [-0.2, -0.15) is 0 Å². The van der Waals surface area contributed by atoms with Gasteiger partial charge < -0.3 is 0 Å². The molecule has 0 aliphatic carbocycles. The average molecular weight is 243 g/mol. The number of halogens is 2. The van der Waals surface area contributed by atoms with E-state index in [1.54, 1.807) is 12.1 Å². The quantitative estimate of drug-likeness (QED) is 0.592. The Morgan fingerprint density at radius 3 is 2.31 bits per heavy atom. The van der Waals surface area contributed by atoms with E-state index in [0.29, 0.717) is 5.92 Å². The lowest BCUT2D eigenvalue weighted by atomic mass is 9.91. The molecule has 0 nitrogen and oxygen atoms in total. The van der Waals surface area contributed by atoms with E-state index >= 15 is 0 Å². The lowest BCUT2D eigenvalue weighted by Gasteiger charge is -2.21. The fourth-order valence-electron chi connectivity index (χ4n) is 1.94. The Kier molecular flexibility index (Phi) is 5.83. The highest BCUT2D eigenvalue weighted by Gasteiger charge is 2.18. The third kappa shape index (κ3) is 3.79. The van der Waals surface area contributed by atoms with Gasteiger partial charge in [-0.1, -0.05) is 45.2 Å². The van der Waals surface area contributed by atoms with E-state index in [2.05, 4.69) is 13.8 Å². The third-order valence-electron chi connectivity index (χ3n) is 3.06. The van der Waals surface area contributed by atoms with E-state index in [-0.39, 0.29) is 11.2 Å². The molecule has 0 amide bonds. The van der Waals surface area contributed by atoms with Crippen molar-refractivity contribution in [2.24, 2.45) is 5.92 Å². The maximum atomic E-state index is 12.8. The summed E-state index contributed by atoms with van der Waals surface area (Å²) < 4.78 is 12.8. The first-order chi connectivity index (χ1) is 7.69. The fourth-order valence-corrected chi connectivity index (χ4v) is 2.39. The summed E-state index contributed by atoms with van der Waals surface area (Å²) in [5, 5.41) is 0.0112. The predicted molar refractivity (Wildman–Crippen MR) is 68.3 cm³/mol. The van der Waals surface area contributed by atoms with Crippen molar-refractivity contribution < 1.29 is 4.39 Å². The van der Waals surface area contributed by atoms with Crippen molar-refractivity contribution in [1.29, 1.82) is 0 Å². The molecule has 0 aliphatic heterocycles. The summed E-state index contributed by atoms with van der Waals surface area (Å²) in [5.41, 5.74) is 1.03. The van der Waals surface area contributed by atoms with Gasteiger partial charge in [0.1, 0.15) is 5.82 Å². The molecule has 0 saturated carbocycles. The van der Waals surface area contributed by atoms with Gasteiger partial charge in [0.15, 0.2) is 0 Å². The van der Waals surface area contributed by atoms with Gasteiger partial charge in [0.2, 0.25) is 0 Å². The normalized spacial score (nSPS) is 14.8.